The van der Waals surface area contributed by atoms with E-state index in [1.54, 1.807) is 18.2 Å². The smallest absolute Gasteiger partial charge is 0.239 e. The molecule has 42 heavy (non-hydrogen) atoms. The molecule has 3 aromatic rings. The minimum absolute atomic E-state index is 0.0406. The van der Waals surface area contributed by atoms with Crippen molar-refractivity contribution in [1.29, 1.82) is 0 Å². The van der Waals surface area contributed by atoms with Crippen LogP contribution in [0.15, 0.2) is 73.3 Å². The van der Waals surface area contributed by atoms with E-state index in [9.17, 15) is 12.8 Å². The van der Waals surface area contributed by atoms with Crippen LogP contribution in [0.25, 0.3) is 17.3 Å². The van der Waals surface area contributed by atoms with Crippen LogP contribution in [0.5, 0.6) is 0 Å². The van der Waals surface area contributed by atoms with Crippen LogP contribution >= 0.6 is 0 Å². The number of anilines is 1. The van der Waals surface area contributed by atoms with Crippen LogP contribution in [0.3, 0.4) is 0 Å². The molecule has 10 heteroatoms. The standard InChI is InChI=1S/C32H38FN3O5S/c1-6-18-39-29-20-27(40-21-23-10-8-7-9-11-23)19-26(41-29)16-17-28-30(22(2)3)34-32(36(4)42(5,37)38)35-31(28)24-12-14-25(33)15-13-24/h6-17,22,26-27,29H,1,18-21H2,2-5H3/b17-16+/t26-,27-,29?/m1/s1. The molecule has 3 atom stereocenters. The predicted octanol–water partition coefficient (Wildman–Crippen LogP) is 6.11. The van der Waals surface area contributed by atoms with Gasteiger partial charge < -0.3 is 14.2 Å². The summed E-state index contributed by atoms with van der Waals surface area (Å²) in [4.78, 5) is 9.29. The first kappa shape index (κ1) is 31.5. The lowest BCUT2D eigenvalue weighted by Gasteiger charge is -2.34. The van der Waals surface area contributed by atoms with Crippen LogP contribution in [0.1, 0.15) is 49.4 Å². The van der Waals surface area contributed by atoms with Crippen molar-refractivity contribution in [2.45, 2.75) is 57.7 Å². The van der Waals surface area contributed by atoms with Gasteiger partial charge in [0.1, 0.15) is 5.82 Å². The van der Waals surface area contributed by atoms with Crippen LogP contribution in [-0.4, -0.2) is 56.8 Å². The fourth-order valence-corrected chi connectivity index (χ4v) is 4.98. The van der Waals surface area contributed by atoms with Crippen molar-refractivity contribution < 1.29 is 27.0 Å². The van der Waals surface area contributed by atoms with Crippen molar-refractivity contribution in [3.8, 4) is 11.3 Å². The van der Waals surface area contributed by atoms with E-state index < -0.39 is 16.3 Å². The topological polar surface area (TPSA) is 90.9 Å². The molecule has 0 aliphatic carbocycles. The average Bonchev–Trinajstić information content (AvgIpc) is 2.97. The molecule has 2 aromatic carbocycles. The van der Waals surface area contributed by atoms with Gasteiger partial charge in [-0.1, -0.05) is 62.4 Å². The Morgan fingerprint density at radius 2 is 1.81 bits per heavy atom. The van der Waals surface area contributed by atoms with Gasteiger partial charge in [-0.2, -0.15) is 0 Å². The van der Waals surface area contributed by atoms with Crippen molar-refractivity contribution in [1.82, 2.24) is 9.97 Å². The summed E-state index contributed by atoms with van der Waals surface area (Å²) in [7, 11) is -2.21. The normalized spacial score (nSPS) is 19.3. The molecule has 1 fully saturated rings. The molecule has 1 saturated heterocycles. The molecule has 224 valence electrons. The first-order chi connectivity index (χ1) is 20.0. The summed E-state index contributed by atoms with van der Waals surface area (Å²) in [6, 6.07) is 15.9. The number of hydrogen-bond acceptors (Lipinski definition) is 7. The minimum Gasteiger partial charge on any atom is -0.373 e. The van der Waals surface area contributed by atoms with Crippen molar-refractivity contribution >= 4 is 22.0 Å². The predicted molar refractivity (Wildman–Crippen MR) is 163 cm³/mol. The number of benzene rings is 2. The summed E-state index contributed by atoms with van der Waals surface area (Å²) in [5.74, 6) is -0.416. The third kappa shape index (κ3) is 8.32. The van der Waals surface area contributed by atoms with Crippen LogP contribution < -0.4 is 4.31 Å². The number of nitrogens with zero attached hydrogens (tertiary/aromatic N) is 3. The molecule has 1 unspecified atom stereocenters. The molecule has 1 aromatic heterocycles. The van der Waals surface area contributed by atoms with E-state index in [4.69, 9.17) is 14.2 Å². The van der Waals surface area contributed by atoms with E-state index >= 15 is 0 Å². The van der Waals surface area contributed by atoms with Gasteiger partial charge in [0.2, 0.25) is 16.0 Å². The molecule has 0 spiro atoms. The molecule has 0 bridgehead atoms. The van der Waals surface area contributed by atoms with Gasteiger partial charge >= 0.3 is 0 Å². The maximum Gasteiger partial charge on any atom is 0.239 e. The zero-order chi connectivity index (χ0) is 30.3. The first-order valence-electron chi connectivity index (χ1n) is 13.9. The Morgan fingerprint density at radius 3 is 2.45 bits per heavy atom. The summed E-state index contributed by atoms with van der Waals surface area (Å²) in [6.07, 6.45) is 6.87. The fourth-order valence-electron chi connectivity index (χ4n) is 4.61. The highest BCUT2D eigenvalue weighted by molar-refractivity contribution is 7.92. The largest absolute Gasteiger partial charge is 0.373 e. The van der Waals surface area contributed by atoms with Crippen LogP contribution in [0.4, 0.5) is 10.3 Å². The fraction of sp³-hybridized carbons (Fsp3) is 0.375. The van der Waals surface area contributed by atoms with Crippen LogP contribution in [0, 0.1) is 5.82 Å². The van der Waals surface area contributed by atoms with Crippen LogP contribution in [0.2, 0.25) is 0 Å². The molecular formula is C32H38FN3O5S. The quantitative estimate of drug-likeness (QED) is 0.234. The summed E-state index contributed by atoms with van der Waals surface area (Å²) in [5, 5.41) is 0. The number of hydrogen-bond donors (Lipinski definition) is 0. The monoisotopic (exact) mass is 595 g/mol. The summed E-state index contributed by atoms with van der Waals surface area (Å²) >= 11 is 0. The lowest BCUT2D eigenvalue weighted by molar-refractivity contribution is -0.207. The SMILES string of the molecule is C=CCOC1C[C@H](OCc2ccccc2)C[C@@H](/C=C/c2c(-c3ccc(F)cc3)nc(N(C)S(C)(=O)=O)nc2C(C)C)O1. The summed E-state index contributed by atoms with van der Waals surface area (Å²) < 4.78 is 57.9. The van der Waals surface area contributed by atoms with Gasteiger partial charge in [0, 0.05) is 31.0 Å². The molecule has 8 nitrogen and oxygen atoms in total. The van der Waals surface area contributed by atoms with E-state index in [-0.39, 0.29) is 29.9 Å². The number of halogens is 1. The van der Waals surface area contributed by atoms with Gasteiger partial charge in [-0.05, 0) is 35.7 Å². The minimum atomic E-state index is -3.62. The van der Waals surface area contributed by atoms with E-state index in [0.717, 1.165) is 16.1 Å². The second-order valence-corrected chi connectivity index (χ2v) is 12.6. The molecular weight excluding hydrogens is 557 g/mol. The summed E-state index contributed by atoms with van der Waals surface area (Å²) in [5.41, 5.74) is 3.55. The van der Waals surface area contributed by atoms with E-state index in [2.05, 4.69) is 16.5 Å². The Bertz CT molecular complexity index is 1480. The Labute approximate surface area is 247 Å². The van der Waals surface area contributed by atoms with Crippen molar-refractivity contribution in [3.63, 3.8) is 0 Å². The van der Waals surface area contributed by atoms with Gasteiger partial charge in [-0.3, -0.25) is 0 Å². The Kier molecular flexibility index (Phi) is 10.6. The van der Waals surface area contributed by atoms with E-state index in [0.29, 0.717) is 48.6 Å². The maximum atomic E-state index is 13.8. The second kappa shape index (κ2) is 14.2. The van der Waals surface area contributed by atoms with Gasteiger partial charge in [-0.25, -0.2) is 27.1 Å². The van der Waals surface area contributed by atoms with Crippen molar-refractivity contribution in [2.24, 2.45) is 0 Å². The molecule has 0 saturated carbocycles. The van der Waals surface area contributed by atoms with Crippen molar-refractivity contribution in [3.05, 3.63) is 96.0 Å². The molecule has 1 aliphatic heterocycles. The Morgan fingerprint density at radius 1 is 1.10 bits per heavy atom. The number of sulfonamides is 1. The molecule has 1 aliphatic rings. The highest BCUT2D eigenvalue weighted by Gasteiger charge is 2.30. The number of ether oxygens (including phenoxy) is 3. The van der Waals surface area contributed by atoms with E-state index in [1.165, 1.54) is 19.2 Å². The Hall–Kier alpha value is -3.44. The number of aromatic nitrogens is 2. The molecule has 0 N–H and O–H groups in total. The van der Waals surface area contributed by atoms with Gasteiger partial charge in [0.25, 0.3) is 0 Å². The molecule has 0 amide bonds. The zero-order valence-electron chi connectivity index (χ0n) is 24.4. The highest BCUT2D eigenvalue weighted by atomic mass is 32.2. The Balaban J connectivity index is 1.69. The lowest BCUT2D eigenvalue weighted by Crippen LogP contribution is -2.37. The van der Waals surface area contributed by atoms with Crippen LogP contribution in [-0.2, 0) is 30.8 Å². The highest BCUT2D eigenvalue weighted by Crippen LogP contribution is 2.33. The number of rotatable bonds is 12. The maximum absolute atomic E-state index is 13.8. The summed E-state index contributed by atoms with van der Waals surface area (Å²) in [6.45, 7) is 8.51. The van der Waals surface area contributed by atoms with Crippen molar-refractivity contribution in [2.75, 3.05) is 24.2 Å². The van der Waals surface area contributed by atoms with Gasteiger partial charge in [0.15, 0.2) is 6.29 Å². The zero-order valence-corrected chi connectivity index (χ0v) is 25.3. The molecule has 2 heterocycles. The van der Waals surface area contributed by atoms with Gasteiger partial charge in [0.05, 0.1) is 43.1 Å². The lowest BCUT2D eigenvalue weighted by atomic mass is 9.96. The van der Waals surface area contributed by atoms with E-state index in [1.807, 2.05) is 56.3 Å². The third-order valence-electron chi connectivity index (χ3n) is 6.89. The van der Waals surface area contributed by atoms with Gasteiger partial charge in [-0.15, -0.1) is 6.58 Å². The average molecular weight is 596 g/mol. The molecule has 4 rings (SSSR count). The molecule has 0 radical (unpaired) electrons. The first-order valence-corrected chi connectivity index (χ1v) is 15.7. The second-order valence-electron chi connectivity index (χ2n) is 10.5. The third-order valence-corrected chi connectivity index (χ3v) is 8.05.